The predicted molar refractivity (Wildman–Crippen MR) is 394 cm³/mol. The smallest absolute Gasteiger partial charge is 0.338 e. The Hall–Kier alpha value is -6.16. The predicted octanol–water partition coefficient (Wildman–Crippen LogP) is 6.87. The Bertz CT molecular complexity index is 2640. The highest BCUT2D eigenvalue weighted by molar-refractivity contribution is 5.90. The molecule has 3 aliphatic rings. The highest BCUT2D eigenvalue weighted by atomic mass is 16.7. The molecule has 6 unspecified atom stereocenters. The lowest BCUT2D eigenvalue weighted by molar-refractivity contribution is -0.256. The van der Waals surface area contributed by atoms with Crippen molar-refractivity contribution in [3.05, 3.63) is 108 Å². The zero-order valence-electron chi connectivity index (χ0n) is 64.4. The molecule has 28 nitrogen and oxygen atoms in total. The first-order valence-corrected chi connectivity index (χ1v) is 38.0. The van der Waals surface area contributed by atoms with Crippen LogP contribution in [0.25, 0.3) is 0 Å². The van der Waals surface area contributed by atoms with Gasteiger partial charge in [0.25, 0.3) is 0 Å². The van der Waals surface area contributed by atoms with Crippen LogP contribution >= 0.6 is 0 Å². The van der Waals surface area contributed by atoms with Crippen LogP contribution in [0.3, 0.4) is 0 Å². The molecule has 3 fully saturated rings. The van der Waals surface area contributed by atoms with Crippen LogP contribution in [0, 0.1) is 53.3 Å². The molecule has 15 atom stereocenters. The number of amides is 3. The van der Waals surface area contributed by atoms with E-state index in [0.29, 0.717) is 96.0 Å². The lowest BCUT2D eigenvalue weighted by Crippen LogP contribution is -2.53. The van der Waals surface area contributed by atoms with Crippen molar-refractivity contribution < 1.29 is 114 Å². The van der Waals surface area contributed by atoms with Crippen molar-refractivity contribution in [2.75, 3.05) is 178 Å². The lowest BCUT2D eigenvalue weighted by Gasteiger charge is -2.43. The average molecular weight is 1510 g/mol. The van der Waals surface area contributed by atoms with Gasteiger partial charge in [0.2, 0.25) is 17.7 Å². The van der Waals surface area contributed by atoms with Gasteiger partial charge in [-0.2, -0.15) is 0 Å². The van der Waals surface area contributed by atoms with Gasteiger partial charge in [0.05, 0.1) is 179 Å². The van der Waals surface area contributed by atoms with Gasteiger partial charge in [-0.3, -0.25) is 14.4 Å². The van der Waals surface area contributed by atoms with Crippen molar-refractivity contribution in [3.8, 4) is 0 Å². The molecule has 3 aromatic carbocycles. The van der Waals surface area contributed by atoms with Crippen molar-refractivity contribution in [2.24, 2.45) is 59.0 Å². The van der Waals surface area contributed by atoms with Gasteiger partial charge in [-0.15, -0.1) is 0 Å². The van der Waals surface area contributed by atoms with Gasteiger partial charge in [-0.05, 0) is 71.9 Å². The fourth-order valence-corrected chi connectivity index (χ4v) is 12.2. The van der Waals surface area contributed by atoms with E-state index in [1.165, 1.54) is 0 Å². The van der Waals surface area contributed by atoms with Crippen LogP contribution in [-0.4, -0.2) is 257 Å². The van der Waals surface area contributed by atoms with Gasteiger partial charge in [0.1, 0.15) is 19.8 Å². The Balaban J connectivity index is 0.803. The van der Waals surface area contributed by atoms with Crippen molar-refractivity contribution in [2.45, 2.75) is 124 Å². The molecule has 5 N–H and O–H groups in total. The highest BCUT2D eigenvalue weighted by Crippen LogP contribution is 2.38. The molecule has 6 rings (SSSR count). The summed E-state index contributed by atoms with van der Waals surface area (Å²) >= 11 is 0. The first kappa shape index (κ1) is 89.7. The van der Waals surface area contributed by atoms with Gasteiger partial charge >= 0.3 is 17.9 Å². The van der Waals surface area contributed by atoms with E-state index >= 15 is 0 Å². The first-order valence-electron chi connectivity index (χ1n) is 38.0. The van der Waals surface area contributed by atoms with E-state index in [4.69, 9.17) is 91.0 Å². The molecule has 3 aromatic rings. The first-order chi connectivity index (χ1) is 51.7. The van der Waals surface area contributed by atoms with Crippen LogP contribution in [-0.2, 0) is 99.6 Å². The molecule has 3 saturated heterocycles. The fraction of sp³-hybridized carbons (Fsp3) is 0.696. The van der Waals surface area contributed by atoms with Crippen molar-refractivity contribution in [1.82, 2.24) is 16.0 Å². The normalized spacial score (nSPS) is 24.9. The summed E-state index contributed by atoms with van der Waals surface area (Å²) in [6.45, 7) is 24.7. The van der Waals surface area contributed by atoms with E-state index in [2.05, 4.69) is 78.3 Å². The van der Waals surface area contributed by atoms with Crippen LogP contribution in [0.2, 0.25) is 0 Å². The third-order valence-electron chi connectivity index (χ3n) is 20.1. The SMILES string of the molecule is CC1[C@H](OCCOCCOCCNC(=O)CCOCC(N)(COCCC(=O)NCCOCCOCCO[C@@H]2OC(COC(=O)c3ccccc3)[C@H](C)[C@H](C)C2C)COCCC(=O)NCCOCCOCCO[C@@H]2OC(COC(=O)c3ccccc3)[C@H](C)[C@H](C)C2C)OC(COC(=O)c2ccccc2)[C@H](C)[C@@H]1C. The summed E-state index contributed by atoms with van der Waals surface area (Å²) in [5.74, 6) is -0.296. The summed E-state index contributed by atoms with van der Waals surface area (Å²) < 4.78 is 106. The van der Waals surface area contributed by atoms with Crippen LogP contribution < -0.4 is 21.7 Å². The lowest BCUT2D eigenvalue weighted by atomic mass is 9.79. The molecule has 0 radical (unpaired) electrons. The van der Waals surface area contributed by atoms with Crippen LogP contribution in [0.15, 0.2) is 91.0 Å². The number of ether oxygens (including phenoxy) is 18. The van der Waals surface area contributed by atoms with Crippen molar-refractivity contribution >= 4 is 35.6 Å². The van der Waals surface area contributed by atoms with Crippen LogP contribution in [0.4, 0.5) is 0 Å². The number of carbonyl (C=O) groups is 6. The van der Waals surface area contributed by atoms with Gasteiger partial charge in [0.15, 0.2) is 18.9 Å². The maximum absolute atomic E-state index is 12.7. The number of rotatable bonds is 54. The van der Waals surface area contributed by atoms with E-state index < -0.39 is 42.3 Å². The molecule has 0 aliphatic carbocycles. The van der Waals surface area contributed by atoms with Crippen LogP contribution in [0.1, 0.15) is 113 Å². The van der Waals surface area contributed by atoms with Gasteiger partial charge in [-0.1, -0.05) is 117 Å². The Kier molecular flexibility index (Phi) is 43.1. The molecular weight excluding hydrogens is 1390 g/mol. The van der Waals surface area contributed by atoms with Crippen LogP contribution in [0.5, 0.6) is 0 Å². The van der Waals surface area contributed by atoms with E-state index in [0.717, 1.165) is 0 Å². The number of benzene rings is 3. The Morgan fingerprint density at radius 2 is 0.561 bits per heavy atom. The number of hydrogen-bond donors (Lipinski definition) is 4. The zero-order valence-corrected chi connectivity index (χ0v) is 64.4. The minimum Gasteiger partial charge on any atom is -0.459 e. The molecule has 0 bridgehead atoms. The molecule has 28 heteroatoms. The Labute approximate surface area is 632 Å². The maximum Gasteiger partial charge on any atom is 0.338 e. The minimum atomic E-state index is -1.20. The summed E-state index contributed by atoms with van der Waals surface area (Å²) in [5.41, 5.74) is 7.03. The molecule has 3 amide bonds. The quantitative estimate of drug-likeness (QED) is 0.0254. The number of nitrogens with one attached hydrogen (secondary N) is 3. The topological polar surface area (TPSA) is 331 Å². The third-order valence-corrected chi connectivity index (χ3v) is 20.1. The molecule has 602 valence electrons. The Morgan fingerprint density at radius 3 is 0.822 bits per heavy atom. The largest absolute Gasteiger partial charge is 0.459 e. The molecule has 3 heterocycles. The summed E-state index contributed by atoms with van der Waals surface area (Å²) in [6, 6.07) is 26.6. The van der Waals surface area contributed by atoms with Crippen molar-refractivity contribution in [3.63, 3.8) is 0 Å². The second-order valence-corrected chi connectivity index (χ2v) is 27.9. The van der Waals surface area contributed by atoms with Crippen molar-refractivity contribution in [1.29, 1.82) is 0 Å². The van der Waals surface area contributed by atoms with Gasteiger partial charge in [-0.25, -0.2) is 14.4 Å². The Morgan fingerprint density at radius 1 is 0.318 bits per heavy atom. The summed E-state index contributed by atoms with van der Waals surface area (Å²) in [7, 11) is 0. The minimum absolute atomic E-state index is 0.0439. The van der Waals surface area contributed by atoms with E-state index in [1.807, 2.05) is 18.2 Å². The number of nitrogens with two attached hydrogens (primary N) is 1. The number of hydrogen-bond acceptors (Lipinski definition) is 25. The summed E-state index contributed by atoms with van der Waals surface area (Å²) in [4.78, 5) is 75.9. The molecule has 0 spiro atoms. The second kappa shape index (κ2) is 51.3. The van der Waals surface area contributed by atoms with E-state index in [-0.39, 0.29) is 207 Å². The van der Waals surface area contributed by atoms with Gasteiger partial charge in [0, 0.05) is 56.7 Å². The molecule has 3 aliphatic heterocycles. The molecule has 107 heavy (non-hydrogen) atoms. The summed E-state index contributed by atoms with van der Waals surface area (Å²) in [5, 5.41) is 8.45. The fourth-order valence-electron chi connectivity index (χ4n) is 12.2. The zero-order chi connectivity index (χ0) is 77.0. The molecule has 0 aromatic heterocycles. The molecular formula is C79H122N4O24. The highest BCUT2D eigenvalue weighted by Gasteiger charge is 2.43. The average Bonchev–Trinajstić information content (AvgIpc) is 0.826. The maximum atomic E-state index is 12.7. The monoisotopic (exact) mass is 1510 g/mol. The van der Waals surface area contributed by atoms with E-state index in [9.17, 15) is 28.8 Å². The number of esters is 3. The number of carbonyl (C=O) groups excluding carboxylic acids is 6. The van der Waals surface area contributed by atoms with E-state index in [1.54, 1.807) is 72.8 Å². The third kappa shape index (κ3) is 33.9. The standard InChI is InChI=1S/C79H122N4O24/c1-55-58(4)67(49-102-73(87)64-19-13-10-14-20-64)105-76(61(55)7)99-46-43-93-40-37-90-34-28-81-70(84)25-31-96-52-79(80,53-97-32-26-71(85)82-29-35-91-38-41-94-44-47-100-77-62(8)56(2)59(5)68(106-77)50-103-74(88)65-21-15-11-16-22-65)54-98-33-27-72(86)83-30-36-92-39-42-95-45-48-101-78-63(9)57(3)60(6)69(107-78)51-104-75(89)66-23-17-12-18-24-66/h10-24,55-63,67-69,76-78H,25-54,80H2,1-9H3,(H,81,84)(H,82,85)(H,83,86)/t55-,56-,57-,58+,59+,60+,61?,62?,63?,67?,68?,69?,76+,77+,78+,79?/m0/s1. The molecule has 0 saturated carbocycles. The van der Waals surface area contributed by atoms with Gasteiger partial charge < -0.3 is 107 Å². The second-order valence-electron chi connectivity index (χ2n) is 27.9. The summed E-state index contributed by atoms with van der Waals surface area (Å²) in [6.07, 6.45) is -2.22.